The van der Waals surface area contributed by atoms with E-state index in [1.54, 1.807) is 0 Å². The lowest BCUT2D eigenvalue weighted by molar-refractivity contribution is 1.56. The Kier molecular flexibility index (Phi) is 2.95. The van der Waals surface area contributed by atoms with Crippen molar-refractivity contribution < 1.29 is 0 Å². The Labute approximate surface area is 156 Å². The van der Waals surface area contributed by atoms with Crippen LogP contribution >= 0.6 is 0 Å². The second kappa shape index (κ2) is 5.46. The molecule has 6 rings (SSSR count). The van der Waals surface area contributed by atoms with Crippen molar-refractivity contribution in [3.05, 3.63) is 97.1 Å². The Balaban J connectivity index is 1.88. The molecular weight excluding hydrogens is 326 g/mol. The Morgan fingerprint density at radius 1 is 0.444 bits per heavy atom. The van der Waals surface area contributed by atoms with Crippen molar-refractivity contribution >= 4 is 43.4 Å². The van der Waals surface area contributed by atoms with Crippen molar-refractivity contribution in [2.45, 2.75) is 0 Å². The van der Waals surface area contributed by atoms with Crippen LogP contribution in [0.2, 0.25) is 0 Å². The summed E-state index contributed by atoms with van der Waals surface area (Å²) >= 11 is 0. The van der Waals surface area contributed by atoms with Gasteiger partial charge in [-0.05, 0) is 27.8 Å². The minimum Gasteiger partial charge on any atom is -0.353 e. The molecule has 0 radical (unpaired) electrons. The van der Waals surface area contributed by atoms with Crippen LogP contribution in [0, 0.1) is 0 Å². The number of fused-ring (bicyclic) bond motifs is 6. The molecule has 0 unspecified atom stereocenters. The van der Waals surface area contributed by atoms with Crippen molar-refractivity contribution in [3.63, 3.8) is 0 Å². The molecule has 5 aromatic carbocycles. The molecule has 0 aliphatic carbocycles. The Morgan fingerprint density at radius 2 is 1.15 bits per heavy atom. The number of rotatable bonds is 1. The van der Waals surface area contributed by atoms with Gasteiger partial charge in [-0.25, -0.2) is 0 Å². The van der Waals surface area contributed by atoms with Crippen LogP contribution in [-0.4, -0.2) is 4.98 Å². The van der Waals surface area contributed by atoms with Gasteiger partial charge in [0.05, 0.1) is 11.0 Å². The van der Waals surface area contributed by atoms with Crippen molar-refractivity contribution in [1.29, 1.82) is 0 Å². The number of benzene rings is 5. The Morgan fingerprint density at radius 3 is 2.00 bits per heavy atom. The van der Waals surface area contributed by atoms with Gasteiger partial charge in [0.25, 0.3) is 0 Å². The molecule has 1 N–H and O–H groups in total. The van der Waals surface area contributed by atoms with Gasteiger partial charge >= 0.3 is 0 Å². The molecule has 1 aromatic heterocycles. The number of aromatic amines is 1. The molecule has 1 nitrogen and oxygen atoms in total. The highest BCUT2D eigenvalue weighted by atomic mass is 14.7. The van der Waals surface area contributed by atoms with Crippen LogP contribution in [0.1, 0.15) is 0 Å². The van der Waals surface area contributed by atoms with Gasteiger partial charge in [-0.1, -0.05) is 91.0 Å². The summed E-state index contributed by atoms with van der Waals surface area (Å²) in [6.07, 6.45) is 0. The van der Waals surface area contributed by atoms with E-state index >= 15 is 0 Å². The fourth-order valence-corrected chi connectivity index (χ4v) is 4.35. The van der Waals surface area contributed by atoms with Gasteiger partial charge in [0, 0.05) is 21.7 Å². The fourth-order valence-electron chi connectivity index (χ4n) is 4.35. The van der Waals surface area contributed by atoms with Crippen molar-refractivity contribution in [3.8, 4) is 11.1 Å². The van der Waals surface area contributed by atoms with Gasteiger partial charge in [0.2, 0.25) is 0 Å². The SMILES string of the molecule is c1ccc(-c2c3ccccc3cc3c2[nH]c2c4ccccc4ccc32)cc1. The molecule has 0 saturated heterocycles. The second-order valence-corrected chi connectivity index (χ2v) is 7.10. The van der Waals surface area contributed by atoms with Gasteiger partial charge in [0.15, 0.2) is 0 Å². The van der Waals surface area contributed by atoms with Crippen LogP contribution in [-0.2, 0) is 0 Å². The summed E-state index contributed by atoms with van der Waals surface area (Å²) in [5.74, 6) is 0. The van der Waals surface area contributed by atoms with Crippen LogP contribution in [0.5, 0.6) is 0 Å². The average molecular weight is 343 g/mol. The maximum Gasteiger partial charge on any atom is 0.0551 e. The zero-order valence-electron chi connectivity index (χ0n) is 14.7. The van der Waals surface area contributed by atoms with E-state index in [1.807, 2.05) is 0 Å². The predicted molar refractivity (Wildman–Crippen MR) is 116 cm³/mol. The fraction of sp³-hybridized carbons (Fsp3) is 0. The first kappa shape index (κ1) is 14.6. The first-order valence-electron chi connectivity index (χ1n) is 9.30. The number of H-pyrrole nitrogens is 1. The minimum absolute atomic E-state index is 1.21. The number of hydrogen-bond acceptors (Lipinski definition) is 0. The summed E-state index contributed by atoms with van der Waals surface area (Å²) in [5.41, 5.74) is 4.96. The molecule has 0 atom stereocenters. The number of aromatic nitrogens is 1. The molecule has 6 aromatic rings. The van der Waals surface area contributed by atoms with Gasteiger partial charge in [-0.2, -0.15) is 0 Å². The minimum atomic E-state index is 1.21. The first-order chi connectivity index (χ1) is 13.4. The molecule has 0 bridgehead atoms. The molecular formula is C26H17N. The lowest BCUT2D eigenvalue weighted by Gasteiger charge is -2.09. The molecule has 126 valence electrons. The number of hydrogen-bond donors (Lipinski definition) is 1. The van der Waals surface area contributed by atoms with Crippen molar-refractivity contribution in [1.82, 2.24) is 4.98 Å². The third-order valence-corrected chi connectivity index (χ3v) is 5.58. The predicted octanol–water partition coefficient (Wildman–Crippen LogP) is 7.29. The third kappa shape index (κ3) is 2.06. The van der Waals surface area contributed by atoms with Crippen LogP contribution in [0.4, 0.5) is 0 Å². The summed E-state index contributed by atoms with van der Waals surface area (Å²) in [6, 6.07) is 34.8. The molecule has 0 saturated carbocycles. The molecule has 1 heterocycles. The monoisotopic (exact) mass is 343 g/mol. The Bertz CT molecular complexity index is 1460. The maximum atomic E-state index is 3.78. The molecule has 0 spiro atoms. The lowest BCUT2D eigenvalue weighted by atomic mass is 9.95. The quantitative estimate of drug-likeness (QED) is 0.322. The third-order valence-electron chi connectivity index (χ3n) is 5.58. The van der Waals surface area contributed by atoms with Crippen LogP contribution < -0.4 is 0 Å². The zero-order chi connectivity index (χ0) is 17.8. The molecule has 0 aliphatic rings. The van der Waals surface area contributed by atoms with Gasteiger partial charge in [-0.15, -0.1) is 0 Å². The number of nitrogens with one attached hydrogen (secondary N) is 1. The summed E-state index contributed by atoms with van der Waals surface area (Å²) in [4.78, 5) is 3.78. The van der Waals surface area contributed by atoms with Crippen LogP contribution in [0.3, 0.4) is 0 Å². The van der Waals surface area contributed by atoms with Crippen LogP contribution in [0.25, 0.3) is 54.5 Å². The van der Waals surface area contributed by atoms with E-state index in [4.69, 9.17) is 0 Å². The van der Waals surface area contributed by atoms with E-state index in [2.05, 4.69) is 102 Å². The smallest absolute Gasteiger partial charge is 0.0551 e. The van der Waals surface area contributed by atoms with Crippen molar-refractivity contribution in [2.24, 2.45) is 0 Å². The normalized spacial score (nSPS) is 11.7. The molecule has 1 heteroatoms. The van der Waals surface area contributed by atoms with Gasteiger partial charge < -0.3 is 4.98 Å². The van der Waals surface area contributed by atoms with Gasteiger partial charge in [0.1, 0.15) is 0 Å². The summed E-state index contributed by atoms with van der Waals surface area (Å²) in [7, 11) is 0. The van der Waals surface area contributed by atoms with E-state index in [9.17, 15) is 0 Å². The second-order valence-electron chi connectivity index (χ2n) is 7.10. The van der Waals surface area contributed by atoms with Crippen molar-refractivity contribution in [2.75, 3.05) is 0 Å². The maximum absolute atomic E-state index is 3.78. The van der Waals surface area contributed by atoms with Crippen LogP contribution in [0.15, 0.2) is 97.1 Å². The summed E-state index contributed by atoms with van der Waals surface area (Å²) in [6.45, 7) is 0. The molecule has 27 heavy (non-hydrogen) atoms. The van der Waals surface area contributed by atoms with E-state index in [1.165, 1.54) is 54.5 Å². The van der Waals surface area contributed by atoms with E-state index < -0.39 is 0 Å². The molecule has 0 fully saturated rings. The largest absolute Gasteiger partial charge is 0.353 e. The average Bonchev–Trinajstić information content (AvgIpc) is 3.11. The Hall–Kier alpha value is -3.58. The summed E-state index contributed by atoms with van der Waals surface area (Å²) < 4.78 is 0. The van der Waals surface area contributed by atoms with E-state index in [-0.39, 0.29) is 0 Å². The van der Waals surface area contributed by atoms with E-state index in [0.29, 0.717) is 0 Å². The highest BCUT2D eigenvalue weighted by molar-refractivity contribution is 6.23. The first-order valence-corrected chi connectivity index (χ1v) is 9.30. The van der Waals surface area contributed by atoms with E-state index in [0.717, 1.165) is 0 Å². The molecule has 0 aliphatic heterocycles. The highest BCUT2D eigenvalue weighted by Gasteiger charge is 2.15. The standard InChI is InChI=1S/C26H17N/c1-2-9-18(10-3-1)24-20-12-6-5-11-19(20)16-23-22-15-14-17-8-4-7-13-21(17)25(22)27-26(23)24/h1-16,27H. The van der Waals surface area contributed by atoms with Gasteiger partial charge in [-0.3, -0.25) is 0 Å². The topological polar surface area (TPSA) is 15.8 Å². The highest BCUT2D eigenvalue weighted by Crippen LogP contribution is 2.40. The zero-order valence-corrected chi connectivity index (χ0v) is 14.7. The molecule has 0 amide bonds. The summed E-state index contributed by atoms with van der Waals surface area (Å²) in [5, 5.41) is 7.67. The lowest BCUT2D eigenvalue weighted by Crippen LogP contribution is -1.84.